The Kier molecular flexibility index (Phi) is 5.81. The fourth-order valence-corrected chi connectivity index (χ4v) is 2.45. The Morgan fingerprint density at radius 2 is 1.68 bits per heavy atom. The first kappa shape index (κ1) is 18.8. The lowest BCUT2D eigenvalue weighted by atomic mass is 10.2. The van der Waals surface area contributed by atoms with Crippen molar-refractivity contribution >= 4 is 40.7 Å². The molecule has 8 nitrogen and oxygen atoms in total. The largest absolute Gasteiger partial charge is 0.465 e. The second-order valence-electron chi connectivity index (χ2n) is 5.85. The van der Waals surface area contributed by atoms with Gasteiger partial charge >= 0.3 is 5.97 Å². The molecule has 142 valence electrons. The fourth-order valence-electron chi connectivity index (χ4n) is 2.45. The maximum absolute atomic E-state index is 11.6. The Labute approximate surface area is 162 Å². The van der Waals surface area contributed by atoms with Crippen LogP contribution in [0, 0.1) is 0 Å². The molecule has 0 aliphatic carbocycles. The molecular formula is C20H19N5O3. The SMILES string of the molecule is COC(=O)c1cccc(Nc2nccc(Nc3ccc(NC(C)=O)cc3)n2)c1. The molecule has 0 spiro atoms. The predicted octanol–water partition coefficient (Wildman–Crippen LogP) is 3.71. The third-order valence-electron chi connectivity index (χ3n) is 3.67. The molecule has 0 atom stereocenters. The Balaban J connectivity index is 1.70. The van der Waals surface area contributed by atoms with Crippen molar-refractivity contribution < 1.29 is 14.3 Å². The summed E-state index contributed by atoms with van der Waals surface area (Å²) in [5, 5.41) is 8.95. The van der Waals surface area contributed by atoms with Crippen LogP contribution in [0.15, 0.2) is 60.8 Å². The van der Waals surface area contributed by atoms with Crippen LogP contribution in [-0.2, 0) is 9.53 Å². The van der Waals surface area contributed by atoms with E-state index in [1.54, 1.807) is 48.7 Å². The van der Waals surface area contributed by atoms with Crippen LogP contribution in [0.1, 0.15) is 17.3 Å². The Bertz CT molecular complexity index is 989. The van der Waals surface area contributed by atoms with Crippen molar-refractivity contribution in [2.45, 2.75) is 6.92 Å². The van der Waals surface area contributed by atoms with Crippen LogP contribution in [0.25, 0.3) is 0 Å². The molecule has 0 aliphatic rings. The van der Waals surface area contributed by atoms with E-state index in [0.717, 1.165) is 5.69 Å². The van der Waals surface area contributed by atoms with Crippen molar-refractivity contribution in [2.75, 3.05) is 23.1 Å². The number of methoxy groups -OCH3 is 1. The summed E-state index contributed by atoms with van der Waals surface area (Å²) in [6.45, 7) is 1.46. The van der Waals surface area contributed by atoms with Gasteiger partial charge in [-0.3, -0.25) is 4.79 Å². The van der Waals surface area contributed by atoms with Gasteiger partial charge in [-0.25, -0.2) is 9.78 Å². The zero-order valence-electron chi connectivity index (χ0n) is 15.4. The highest BCUT2D eigenvalue weighted by molar-refractivity contribution is 5.90. The average Bonchev–Trinajstić information content (AvgIpc) is 2.69. The van der Waals surface area contributed by atoms with E-state index in [4.69, 9.17) is 4.74 Å². The van der Waals surface area contributed by atoms with Gasteiger partial charge in [0.15, 0.2) is 0 Å². The highest BCUT2D eigenvalue weighted by atomic mass is 16.5. The van der Waals surface area contributed by atoms with Gasteiger partial charge in [0.25, 0.3) is 0 Å². The second-order valence-corrected chi connectivity index (χ2v) is 5.85. The number of rotatable bonds is 6. The Hall–Kier alpha value is -3.94. The molecule has 3 rings (SSSR count). The number of ether oxygens (including phenoxy) is 1. The van der Waals surface area contributed by atoms with E-state index in [9.17, 15) is 9.59 Å². The van der Waals surface area contributed by atoms with E-state index in [1.807, 2.05) is 12.1 Å². The van der Waals surface area contributed by atoms with Gasteiger partial charge in [0.1, 0.15) is 5.82 Å². The summed E-state index contributed by atoms with van der Waals surface area (Å²) in [4.78, 5) is 31.3. The van der Waals surface area contributed by atoms with Crippen molar-refractivity contribution in [3.63, 3.8) is 0 Å². The molecule has 0 fully saturated rings. The number of nitrogens with one attached hydrogen (secondary N) is 3. The highest BCUT2D eigenvalue weighted by Crippen LogP contribution is 2.20. The lowest BCUT2D eigenvalue weighted by molar-refractivity contribution is -0.114. The molecule has 8 heteroatoms. The van der Waals surface area contributed by atoms with Gasteiger partial charge < -0.3 is 20.7 Å². The summed E-state index contributed by atoms with van der Waals surface area (Å²) in [6, 6.07) is 15.9. The van der Waals surface area contributed by atoms with Gasteiger partial charge in [0.2, 0.25) is 11.9 Å². The first-order valence-electron chi connectivity index (χ1n) is 8.46. The molecule has 1 amide bonds. The molecule has 2 aromatic carbocycles. The van der Waals surface area contributed by atoms with Crippen LogP contribution in [-0.4, -0.2) is 29.0 Å². The number of amides is 1. The maximum Gasteiger partial charge on any atom is 0.337 e. The third-order valence-corrected chi connectivity index (χ3v) is 3.67. The quantitative estimate of drug-likeness (QED) is 0.562. The number of hydrogen-bond donors (Lipinski definition) is 3. The number of aromatic nitrogens is 2. The summed E-state index contributed by atoms with van der Waals surface area (Å²) in [5.41, 5.74) is 2.63. The lowest BCUT2D eigenvalue weighted by Crippen LogP contribution is -2.05. The molecule has 0 unspecified atom stereocenters. The van der Waals surface area contributed by atoms with Gasteiger partial charge in [0, 0.05) is 30.2 Å². The summed E-state index contributed by atoms with van der Waals surface area (Å²) >= 11 is 0. The summed E-state index contributed by atoms with van der Waals surface area (Å²) in [5.74, 6) is 0.432. The number of hydrogen-bond acceptors (Lipinski definition) is 7. The number of carbonyl (C=O) groups is 2. The molecular weight excluding hydrogens is 358 g/mol. The first-order chi connectivity index (χ1) is 13.5. The fraction of sp³-hybridized carbons (Fsp3) is 0.100. The zero-order chi connectivity index (χ0) is 19.9. The third kappa shape index (κ3) is 5.04. The standard InChI is InChI=1S/C20H19N5O3/c1-13(26)22-15-6-8-16(9-7-15)23-18-10-11-21-20(25-18)24-17-5-3-4-14(12-17)19(27)28-2/h3-12H,1-2H3,(H,22,26)(H2,21,23,24,25). The maximum atomic E-state index is 11.6. The lowest BCUT2D eigenvalue weighted by Gasteiger charge is -2.10. The molecule has 3 aromatic rings. The number of benzene rings is 2. The molecule has 0 saturated heterocycles. The van der Waals surface area contributed by atoms with Crippen LogP contribution in [0.5, 0.6) is 0 Å². The van der Waals surface area contributed by atoms with Gasteiger partial charge in [0.05, 0.1) is 12.7 Å². The Morgan fingerprint density at radius 1 is 0.929 bits per heavy atom. The minimum Gasteiger partial charge on any atom is -0.465 e. The van der Waals surface area contributed by atoms with E-state index < -0.39 is 5.97 Å². The second kappa shape index (κ2) is 8.63. The van der Waals surface area contributed by atoms with Crippen LogP contribution >= 0.6 is 0 Å². The van der Waals surface area contributed by atoms with Gasteiger partial charge in [-0.05, 0) is 48.5 Å². The van der Waals surface area contributed by atoms with Gasteiger partial charge in [-0.15, -0.1) is 0 Å². The van der Waals surface area contributed by atoms with Crippen LogP contribution < -0.4 is 16.0 Å². The molecule has 0 bridgehead atoms. The van der Waals surface area contributed by atoms with Crippen LogP contribution in [0.3, 0.4) is 0 Å². The normalized spacial score (nSPS) is 10.1. The number of anilines is 5. The predicted molar refractivity (Wildman–Crippen MR) is 107 cm³/mol. The highest BCUT2D eigenvalue weighted by Gasteiger charge is 2.07. The van der Waals surface area contributed by atoms with Gasteiger partial charge in [-0.2, -0.15) is 4.98 Å². The number of esters is 1. The van der Waals surface area contributed by atoms with E-state index in [1.165, 1.54) is 14.0 Å². The first-order valence-corrected chi connectivity index (χ1v) is 8.46. The smallest absolute Gasteiger partial charge is 0.337 e. The molecule has 3 N–H and O–H groups in total. The zero-order valence-corrected chi connectivity index (χ0v) is 15.4. The van der Waals surface area contributed by atoms with Crippen molar-refractivity contribution in [1.82, 2.24) is 9.97 Å². The minimum absolute atomic E-state index is 0.122. The van der Waals surface area contributed by atoms with Crippen molar-refractivity contribution in [2.24, 2.45) is 0 Å². The topological polar surface area (TPSA) is 105 Å². The molecule has 1 heterocycles. The van der Waals surface area contributed by atoms with Crippen LogP contribution in [0.4, 0.5) is 28.8 Å². The van der Waals surface area contributed by atoms with E-state index >= 15 is 0 Å². The van der Waals surface area contributed by atoms with Crippen LogP contribution in [0.2, 0.25) is 0 Å². The summed E-state index contributed by atoms with van der Waals surface area (Å²) in [7, 11) is 1.34. The molecule has 0 saturated carbocycles. The van der Waals surface area contributed by atoms with E-state index in [2.05, 4.69) is 25.9 Å². The van der Waals surface area contributed by atoms with Crippen molar-refractivity contribution in [3.05, 3.63) is 66.4 Å². The average molecular weight is 377 g/mol. The monoisotopic (exact) mass is 377 g/mol. The minimum atomic E-state index is -0.414. The molecule has 0 aliphatic heterocycles. The van der Waals surface area contributed by atoms with Crippen molar-refractivity contribution in [3.8, 4) is 0 Å². The summed E-state index contributed by atoms with van der Waals surface area (Å²) < 4.78 is 4.73. The number of carbonyl (C=O) groups excluding carboxylic acids is 2. The van der Waals surface area contributed by atoms with E-state index in [0.29, 0.717) is 28.7 Å². The van der Waals surface area contributed by atoms with Gasteiger partial charge in [-0.1, -0.05) is 6.07 Å². The molecule has 1 aromatic heterocycles. The molecule has 0 radical (unpaired) electrons. The number of nitrogens with zero attached hydrogens (tertiary/aromatic N) is 2. The van der Waals surface area contributed by atoms with E-state index in [-0.39, 0.29) is 5.91 Å². The molecule has 28 heavy (non-hydrogen) atoms. The summed E-state index contributed by atoms with van der Waals surface area (Å²) in [6.07, 6.45) is 1.62. The Morgan fingerprint density at radius 3 is 2.39 bits per heavy atom. The van der Waals surface area contributed by atoms with Crippen molar-refractivity contribution in [1.29, 1.82) is 0 Å².